The van der Waals surface area contributed by atoms with E-state index in [2.05, 4.69) is 4.98 Å². The van der Waals surface area contributed by atoms with Crippen LogP contribution in [0.25, 0.3) is 10.6 Å². The van der Waals surface area contributed by atoms with Crippen molar-refractivity contribution in [2.45, 2.75) is 25.2 Å². The van der Waals surface area contributed by atoms with E-state index in [1.807, 2.05) is 0 Å². The molecule has 0 saturated carbocycles. The van der Waals surface area contributed by atoms with Crippen LogP contribution in [-0.2, 0) is 11.2 Å². The van der Waals surface area contributed by atoms with Gasteiger partial charge in [-0.05, 0) is 31.4 Å². The lowest BCUT2D eigenvalue weighted by molar-refractivity contribution is -0.384. The lowest BCUT2D eigenvalue weighted by Crippen LogP contribution is -2.17. The molecule has 0 radical (unpaired) electrons. The van der Waals surface area contributed by atoms with E-state index in [4.69, 9.17) is 11.6 Å². The third kappa shape index (κ3) is 2.57. The number of aliphatic carboxylic acids is 1. The summed E-state index contributed by atoms with van der Waals surface area (Å²) in [5.74, 6) is -1.46. The van der Waals surface area contributed by atoms with E-state index in [1.165, 1.54) is 23.5 Å². The number of rotatable bonds is 3. The summed E-state index contributed by atoms with van der Waals surface area (Å²) >= 11 is 7.20. The van der Waals surface area contributed by atoms with Crippen molar-refractivity contribution < 1.29 is 14.8 Å². The minimum atomic E-state index is -0.875. The van der Waals surface area contributed by atoms with E-state index in [0.29, 0.717) is 22.7 Å². The number of nitro groups is 1. The van der Waals surface area contributed by atoms with Gasteiger partial charge in [-0.15, -0.1) is 11.3 Å². The van der Waals surface area contributed by atoms with E-state index in [1.54, 1.807) is 6.07 Å². The van der Waals surface area contributed by atoms with Crippen LogP contribution < -0.4 is 0 Å². The summed E-state index contributed by atoms with van der Waals surface area (Å²) in [5.41, 5.74) is 0.998. The van der Waals surface area contributed by atoms with Crippen LogP contribution in [0.5, 0.6) is 0 Å². The Morgan fingerprint density at radius 3 is 2.95 bits per heavy atom. The molecule has 0 amide bonds. The average molecular weight is 339 g/mol. The molecule has 6 nitrogen and oxygen atoms in total. The minimum absolute atomic E-state index is 0.0680. The molecule has 1 aromatic heterocycles. The summed E-state index contributed by atoms with van der Waals surface area (Å²) < 4.78 is 0. The van der Waals surface area contributed by atoms with E-state index in [-0.39, 0.29) is 10.7 Å². The van der Waals surface area contributed by atoms with Crippen LogP contribution in [0, 0.1) is 10.1 Å². The molecule has 1 N–H and O–H groups in total. The lowest BCUT2D eigenvalue weighted by atomic mass is 9.91. The number of carboxylic acid groups (broad SMARTS) is 1. The largest absolute Gasteiger partial charge is 0.481 e. The Morgan fingerprint density at radius 2 is 2.27 bits per heavy atom. The van der Waals surface area contributed by atoms with Crippen LogP contribution in [0.4, 0.5) is 5.69 Å². The molecule has 1 heterocycles. The number of halogens is 1. The lowest BCUT2D eigenvalue weighted by Gasteiger charge is -2.16. The molecule has 114 valence electrons. The predicted octanol–water partition coefficient (Wildman–Crippen LogP) is 3.88. The Hall–Kier alpha value is -1.99. The van der Waals surface area contributed by atoms with Crippen LogP contribution in [0.1, 0.15) is 29.3 Å². The van der Waals surface area contributed by atoms with Gasteiger partial charge in [-0.1, -0.05) is 11.6 Å². The van der Waals surface area contributed by atoms with Crippen molar-refractivity contribution in [3.63, 3.8) is 0 Å². The molecule has 0 bridgehead atoms. The number of hydrogen-bond donors (Lipinski definition) is 1. The molecule has 0 saturated heterocycles. The number of benzene rings is 1. The fraction of sp³-hybridized carbons (Fsp3) is 0.286. The maximum Gasteiger partial charge on any atom is 0.312 e. The number of aryl methyl sites for hydroxylation is 1. The summed E-state index contributed by atoms with van der Waals surface area (Å²) in [5, 5.41) is 20.9. The van der Waals surface area contributed by atoms with Crippen molar-refractivity contribution in [2.24, 2.45) is 0 Å². The van der Waals surface area contributed by atoms with Gasteiger partial charge in [0.25, 0.3) is 5.69 Å². The van der Waals surface area contributed by atoms with Crippen LogP contribution >= 0.6 is 22.9 Å². The summed E-state index contributed by atoms with van der Waals surface area (Å²) in [7, 11) is 0. The average Bonchev–Trinajstić information content (AvgIpc) is 2.90. The second kappa shape index (κ2) is 5.66. The monoisotopic (exact) mass is 338 g/mol. The van der Waals surface area contributed by atoms with Gasteiger partial charge in [-0.3, -0.25) is 14.9 Å². The summed E-state index contributed by atoms with van der Waals surface area (Å²) in [6.45, 7) is 0. The van der Waals surface area contributed by atoms with Crippen molar-refractivity contribution in [3.05, 3.63) is 43.9 Å². The Kier molecular flexibility index (Phi) is 3.84. The van der Waals surface area contributed by atoms with E-state index < -0.39 is 16.8 Å². The number of nitro benzene ring substituents is 1. The van der Waals surface area contributed by atoms with E-state index in [0.717, 1.165) is 17.7 Å². The van der Waals surface area contributed by atoms with Crippen molar-refractivity contribution >= 4 is 34.6 Å². The number of aromatic nitrogens is 1. The van der Waals surface area contributed by atoms with E-state index >= 15 is 0 Å². The fourth-order valence-electron chi connectivity index (χ4n) is 2.57. The Morgan fingerprint density at radius 1 is 1.50 bits per heavy atom. The molecular formula is C14H11ClN2O4S. The molecule has 0 spiro atoms. The quantitative estimate of drug-likeness (QED) is 0.677. The zero-order valence-electron chi connectivity index (χ0n) is 11.3. The van der Waals surface area contributed by atoms with Gasteiger partial charge in [0.1, 0.15) is 10.0 Å². The number of hydrogen-bond acceptors (Lipinski definition) is 5. The minimum Gasteiger partial charge on any atom is -0.481 e. The molecule has 8 heteroatoms. The van der Waals surface area contributed by atoms with Crippen molar-refractivity contribution in [3.8, 4) is 10.6 Å². The topological polar surface area (TPSA) is 93.3 Å². The highest BCUT2D eigenvalue weighted by molar-refractivity contribution is 7.15. The molecule has 1 aromatic carbocycles. The van der Waals surface area contributed by atoms with Gasteiger partial charge < -0.3 is 5.11 Å². The van der Waals surface area contributed by atoms with Crippen molar-refractivity contribution in [1.29, 1.82) is 0 Å². The highest BCUT2D eigenvalue weighted by atomic mass is 35.5. The SMILES string of the molecule is O=C(O)C1CCCc2sc(-c3ccc(Cl)c([N+](=O)[O-])c3)nc21. The molecule has 1 aliphatic carbocycles. The van der Waals surface area contributed by atoms with Crippen molar-refractivity contribution in [1.82, 2.24) is 4.98 Å². The molecule has 3 rings (SSSR count). The first-order valence-electron chi connectivity index (χ1n) is 6.64. The first-order chi connectivity index (χ1) is 10.5. The van der Waals surface area contributed by atoms with Crippen LogP contribution in [0.3, 0.4) is 0 Å². The summed E-state index contributed by atoms with van der Waals surface area (Å²) in [6.07, 6.45) is 2.19. The standard InChI is InChI=1S/C14H11ClN2O4S/c15-9-5-4-7(6-10(9)17(20)21)13-16-12-8(14(18)19)2-1-3-11(12)22-13/h4-6,8H,1-3H2,(H,18,19). The highest BCUT2D eigenvalue weighted by Gasteiger charge is 2.30. The fourth-order valence-corrected chi connectivity index (χ4v) is 3.92. The summed E-state index contributed by atoms with van der Waals surface area (Å²) in [6, 6.07) is 4.50. The Balaban J connectivity index is 2.05. The van der Waals surface area contributed by atoms with Gasteiger partial charge in [0, 0.05) is 16.5 Å². The van der Waals surface area contributed by atoms with Gasteiger partial charge in [-0.2, -0.15) is 0 Å². The maximum absolute atomic E-state index is 11.3. The first kappa shape index (κ1) is 14.9. The molecular weight excluding hydrogens is 328 g/mol. The predicted molar refractivity (Wildman–Crippen MR) is 82.5 cm³/mol. The van der Waals surface area contributed by atoms with Gasteiger partial charge >= 0.3 is 5.97 Å². The second-order valence-corrected chi connectivity index (χ2v) is 6.52. The number of fused-ring (bicyclic) bond motifs is 1. The van der Waals surface area contributed by atoms with Gasteiger partial charge in [0.15, 0.2) is 0 Å². The smallest absolute Gasteiger partial charge is 0.312 e. The molecule has 1 atom stereocenters. The molecule has 2 aromatic rings. The zero-order chi connectivity index (χ0) is 15.9. The number of nitrogens with zero attached hydrogens (tertiary/aromatic N) is 2. The normalized spacial score (nSPS) is 17.0. The number of carboxylic acids is 1. The molecule has 1 aliphatic rings. The molecule has 1 unspecified atom stereocenters. The van der Waals surface area contributed by atoms with Gasteiger partial charge in [0.05, 0.1) is 16.5 Å². The summed E-state index contributed by atoms with van der Waals surface area (Å²) in [4.78, 5) is 27.1. The first-order valence-corrected chi connectivity index (χ1v) is 7.83. The molecule has 22 heavy (non-hydrogen) atoms. The number of thiazole rings is 1. The third-order valence-corrected chi connectivity index (χ3v) is 5.14. The second-order valence-electron chi connectivity index (χ2n) is 5.03. The zero-order valence-corrected chi connectivity index (χ0v) is 12.9. The van der Waals surface area contributed by atoms with Crippen LogP contribution in [0.15, 0.2) is 18.2 Å². The van der Waals surface area contributed by atoms with Crippen molar-refractivity contribution in [2.75, 3.05) is 0 Å². The maximum atomic E-state index is 11.3. The third-order valence-electron chi connectivity index (χ3n) is 3.64. The van der Waals surface area contributed by atoms with Crippen LogP contribution in [0.2, 0.25) is 5.02 Å². The molecule has 0 fully saturated rings. The van der Waals surface area contributed by atoms with E-state index in [9.17, 15) is 20.0 Å². The molecule has 0 aliphatic heterocycles. The number of carbonyl (C=O) groups is 1. The van der Waals surface area contributed by atoms with Crippen LogP contribution in [-0.4, -0.2) is 21.0 Å². The highest BCUT2D eigenvalue weighted by Crippen LogP contribution is 2.39. The van der Waals surface area contributed by atoms with Gasteiger partial charge in [0.2, 0.25) is 0 Å². The Labute approximate surface area is 134 Å². The Bertz CT molecular complexity index is 774. The van der Waals surface area contributed by atoms with Gasteiger partial charge in [-0.25, -0.2) is 4.98 Å².